The van der Waals surface area contributed by atoms with Crippen molar-refractivity contribution < 1.29 is 14.7 Å². The molecular weight excluding hydrogens is 206 g/mol. The predicted molar refractivity (Wildman–Crippen MR) is 63.1 cm³/mol. The summed E-state index contributed by atoms with van der Waals surface area (Å²) in [6, 6.07) is 0. The molecule has 92 valence electrons. The van der Waals surface area contributed by atoms with Crippen molar-refractivity contribution in [1.29, 1.82) is 0 Å². The van der Waals surface area contributed by atoms with E-state index >= 15 is 0 Å². The van der Waals surface area contributed by atoms with Crippen LogP contribution in [0.2, 0.25) is 0 Å². The fraction of sp³-hybridized carbons (Fsp3) is 0.667. The summed E-state index contributed by atoms with van der Waals surface area (Å²) in [5, 5.41) is 11.3. The van der Waals surface area contributed by atoms with Gasteiger partial charge in [0.1, 0.15) is 0 Å². The molecule has 0 aromatic carbocycles. The lowest BCUT2D eigenvalue weighted by Crippen LogP contribution is -2.25. The third-order valence-electron chi connectivity index (χ3n) is 2.55. The van der Waals surface area contributed by atoms with E-state index in [-0.39, 0.29) is 12.3 Å². The zero-order chi connectivity index (χ0) is 12.4. The van der Waals surface area contributed by atoms with Crippen LogP contribution in [0.5, 0.6) is 0 Å². The van der Waals surface area contributed by atoms with Crippen molar-refractivity contribution in [3.63, 3.8) is 0 Å². The molecule has 4 nitrogen and oxygen atoms in total. The molecule has 0 saturated heterocycles. The first-order valence-electron chi connectivity index (χ1n) is 5.69. The highest BCUT2D eigenvalue weighted by Crippen LogP contribution is 2.14. The van der Waals surface area contributed by atoms with Gasteiger partial charge in [0, 0.05) is 19.4 Å². The second-order valence-corrected chi connectivity index (χ2v) is 3.84. The third-order valence-corrected chi connectivity index (χ3v) is 2.55. The largest absolute Gasteiger partial charge is 0.481 e. The summed E-state index contributed by atoms with van der Waals surface area (Å²) in [7, 11) is 0. The molecule has 0 aromatic rings. The molecule has 2 N–H and O–H groups in total. The van der Waals surface area contributed by atoms with Crippen LogP contribution < -0.4 is 5.32 Å². The minimum Gasteiger partial charge on any atom is -0.481 e. The number of carboxylic acids is 1. The van der Waals surface area contributed by atoms with E-state index in [1.54, 1.807) is 6.08 Å². The zero-order valence-corrected chi connectivity index (χ0v) is 9.87. The molecule has 0 saturated carbocycles. The standard InChI is InChI=1S/C12H21NO3/c1-3-5-11(14)13-9-8-10(4-2)6-7-12(15)16/h3,10H,1,4-9H2,2H3,(H,13,14)(H,15,16). The van der Waals surface area contributed by atoms with Crippen LogP contribution in [0.15, 0.2) is 12.7 Å². The van der Waals surface area contributed by atoms with Crippen LogP contribution in [0, 0.1) is 5.92 Å². The second-order valence-electron chi connectivity index (χ2n) is 3.84. The Morgan fingerprint density at radius 3 is 2.62 bits per heavy atom. The Hall–Kier alpha value is -1.32. The molecular formula is C12H21NO3. The number of carbonyl (C=O) groups is 2. The third kappa shape index (κ3) is 8.03. The van der Waals surface area contributed by atoms with E-state index < -0.39 is 5.97 Å². The van der Waals surface area contributed by atoms with Crippen molar-refractivity contribution in [2.45, 2.75) is 39.0 Å². The Morgan fingerprint density at radius 1 is 1.44 bits per heavy atom. The monoisotopic (exact) mass is 227 g/mol. The molecule has 0 aliphatic rings. The summed E-state index contributed by atoms with van der Waals surface area (Å²) in [6.45, 7) is 6.14. The summed E-state index contributed by atoms with van der Waals surface area (Å²) in [4.78, 5) is 21.5. The fourth-order valence-electron chi connectivity index (χ4n) is 1.50. The van der Waals surface area contributed by atoms with Crippen molar-refractivity contribution in [2.75, 3.05) is 6.54 Å². The minimum absolute atomic E-state index is 0.0249. The molecule has 0 bridgehead atoms. The number of hydrogen-bond donors (Lipinski definition) is 2. The molecule has 0 aliphatic carbocycles. The molecule has 0 radical (unpaired) electrons. The Bertz CT molecular complexity index is 238. The Balaban J connectivity index is 3.65. The van der Waals surface area contributed by atoms with Gasteiger partial charge in [-0.25, -0.2) is 0 Å². The number of aliphatic carboxylic acids is 1. The SMILES string of the molecule is C=CCC(=O)NCCC(CC)CCC(=O)O. The zero-order valence-electron chi connectivity index (χ0n) is 9.87. The fourth-order valence-corrected chi connectivity index (χ4v) is 1.50. The lowest BCUT2D eigenvalue weighted by Gasteiger charge is -2.13. The average molecular weight is 227 g/mol. The van der Waals surface area contributed by atoms with E-state index in [0.717, 1.165) is 12.8 Å². The molecule has 0 fully saturated rings. The lowest BCUT2D eigenvalue weighted by atomic mass is 9.96. The van der Waals surface area contributed by atoms with Gasteiger partial charge in [0.05, 0.1) is 0 Å². The molecule has 0 aliphatic heterocycles. The molecule has 16 heavy (non-hydrogen) atoms. The van der Waals surface area contributed by atoms with Gasteiger partial charge in [-0.1, -0.05) is 19.4 Å². The Labute approximate surface area is 96.7 Å². The van der Waals surface area contributed by atoms with Gasteiger partial charge in [-0.2, -0.15) is 0 Å². The summed E-state index contributed by atoms with van der Waals surface area (Å²) < 4.78 is 0. The van der Waals surface area contributed by atoms with Crippen molar-refractivity contribution >= 4 is 11.9 Å². The summed E-state index contributed by atoms with van der Waals surface area (Å²) in [5.74, 6) is -0.405. The van der Waals surface area contributed by atoms with Gasteiger partial charge >= 0.3 is 5.97 Å². The van der Waals surface area contributed by atoms with E-state index in [1.807, 2.05) is 6.92 Å². The van der Waals surface area contributed by atoms with Gasteiger partial charge < -0.3 is 10.4 Å². The van der Waals surface area contributed by atoms with Crippen LogP contribution in [-0.2, 0) is 9.59 Å². The summed E-state index contributed by atoms with van der Waals surface area (Å²) in [6.07, 6.45) is 4.59. The first-order valence-corrected chi connectivity index (χ1v) is 5.69. The van der Waals surface area contributed by atoms with E-state index in [2.05, 4.69) is 11.9 Å². The van der Waals surface area contributed by atoms with E-state index in [4.69, 9.17) is 5.11 Å². The first kappa shape index (κ1) is 14.7. The Morgan fingerprint density at radius 2 is 2.12 bits per heavy atom. The van der Waals surface area contributed by atoms with Crippen LogP contribution in [0.3, 0.4) is 0 Å². The highest BCUT2D eigenvalue weighted by Gasteiger charge is 2.09. The molecule has 1 atom stereocenters. The maximum absolute atomic E-state index is 11.1. The first-order chi connectivity index (χ1) is 7.60. The van der Waals surface area contributed by atoms with Crippen molar-refractivity contribution in [3.05, 3.63) is 12.7 Å². The van der Waals surface area contributed by atoms with Crippen LogP contribution >= 0.6 is 0 Å². The lowest BCUT2D eigenvalue weighted by molar-refractivity contribution is -0.137. The normalized spacial score (nSPS) is 11.8. The molecule has 0 spiro atoms. The van der Waals surface area contributed by atoms with Gasteiger partial charge in [0.15, 0.2) is 0 Å². The van der Waals surface area contributed by atoms with Gasteiger partial charge in [-0.3, -0.25) is 9.59 Å². The maximum Gasteiger partial charge on any atom is 0.303 e. The summed E-state index contributed by atoms with van der Waals surface area (Å²) in [5.41, 5.74) is 0. The number of nitrogens with one attached hydrogen (secondary N) is 1. The highest BCUT2D eigenvalue weighted by atomic mass is 16.4. The van der Waals surface area contributed by atoms with Crippen LogP contribution in [-0.4, -0.2) is 23.5 Å². The molecule has 1 amide bonds. The molecule has 1 unspecified atom stereocenters. The highest BCUT2D eigenvalue weighted by molar-refractivity contribution is 5.77. The molecule has 0 heterocycles. The smallest absolute Gasteiger partial charge is 0.303 e. The number of amides is 1. The topological polar surface area (TPSA) is 66.4 Å². The van der Waals surface area contributed by atoms with E-state index in [0.29, 0.717) is 25.3 Å². The van der Waals surface area contributed by atoms with Gasteiger partial charge in [0.25, 0.3) is 0 Å². The quantitative estimate of drug-likeness (QED) is 0.592. The minimum atomic E-state index is -0.755. The average Bonchev–Trinajstić information content (AvgIpc) is 2.23. The van der Waals surface area contributed by atoms with Gasteiger partial charge in [0.2, 0.25) is 5.91 Å². The molecule has 4 heteroatoms. The molecule has 0 aromatic heterocycles. The number of hydrogen-bond acceptors (Lipinski definition) is 2. The van der Waals surface area contributed by atoms with Crippen LogP contribution in [0.25, 0.3) is 0 Å². The van der Waals surface area contributed by atoms with E-state index in [9.17, 15) is 9.59 Å². The Kier molecular flexibility index (Phi) is 8.21. The predicted octanol–water partition coefficient (Wildman–Crippen LogP) is 1.96. The number of rotatable bonds is 9. The van der Waals surface area contributed by atoms with E-state index in [1.165, 1.54) is 0 Å². The molecule has 0 rings (SSSR count). The van der Waals surface area contributed by atoms with Crippen molar-refractivity contribution in [1.82, 2.24) is 5.32 Å². The second kappa shape index (κ2) is 8.95. The van der Waals surface area contributed by atoms with Crippen LogP contribution in [0.1, 0.15) is 39.0 Å². The van der Waals surface area contributed by atoms with Crippen molar-refractivity contribution in [2.24, 2.45) is 5.92 Å². The van der Waals surface area contributed by atoms with Gasteiger partial charge in [-0.15, -0.1) is 6.58 Å². The number of carbonyl (C=O) groups excluding carboxylic acids is 1. The number of carboxylic acid groups (broad SMARTS) is 1. The van der Waals surface area contributed by atoms with Gasteiger partial charge in [-0.05, 0) is 18.8 Å². The maximum atomic E-state index is 11.1. The summed E-state index contributed by atoms with van der Waals surface area (Å²) >= 11 is 0. The van der Waals surface area contributed by atoms with Crippen LogP contribution in [0.4, 0.5) is 0 Å². The van der Waals surface area contributed by atoms with Crippen molar-refractivity contribution in [3.8, 4) is 0 Å².